The fraction of sp³-hybridized carbons (Fsp3) is 0.474. The highest BCUT2D eigenvalue weighted by atomic mass is 16.5. The molecular weight excluding hydrogens is 332 g/mol. The number of hydrogen-bond acceptors (Lipinski definition) is 5. The van der Waals surface area contributed by atoms with Crippen molar-refractivity contribution in [3.05, 3.63) is 41.7 Å². The Balaban J connectivity index is 1.72. The van der Waals surface area contributed by atoms with Crippen LogP contribution in [0.25, 0.3) is 0 Å². The van der Waals surface area contributed by atoms with Gasteiger partial charge in [-0.1, -0.05) is 0 Å². The largest absolute Gasteiger partial charge is 0.493 e. The zero-order valence-electron chi connectivity index (χ0n) is 15.7. The fourth-order valence-corrected chi connectivity index (χ4v) is 3.30. The lowest BCUT2D eigenvalue weighted by Gasteiger charge is -2.36. The maximum Gasteiger partial charge on any atom is 0.254 e. The fourth-order valence-electron chi connectivity index (χ4n) is 3.30. The third-order valence-corrected chi connectivity index (χ3v) is 4.41. The van der Waals surface area contributed by atoms with Gasteiger partial charge in [0.25, 0.3) is 5.91 Å². The molecule has 7 heteroatoms. The molecule has 0 aliphatic carbocycles. The SMILES string of the molecule is COc1cc(C(=O)N2CC(C)NC(C)C2)ccc1OCc1cnn(C)c1. The first kappa shape index (κ1) is 18.3. The zero-order valence-corrected chi connectivity index (χ0v) is 15.7. The van der Waals surface area contributed by atoms with Gasteiger partial charge in [0.2, 0.25) is 0 Å². The molecule has 0 radical (unpaired) electrons. The number of aromatic nitrogens is 2. The molecule has 1 aliphatic heterocycles. The van der Waals surface area contributed by atoms with Crippen LogP contribution < -0.4 is 14.8 Å². The molecular formula is C19H26N4O3. The molecule has 3 rings (SSSR count). The average Bonchev–Trinajstić information content (AvgIpc) is 3.03. The Bertz CT molecular complexity index is 764. The van der Waals surface area contributed by atoms with E-state index in [1.807, 2.05) is 18.1 Å². The topological polar surface area (TPSA) is 68.6 Å². The summed E-state index contributed by atoms with van der Waals surface area (Å²) in [6.07, 6.45) is 3.66. The average molecular weight is 358 g/mol. The molecule has 2 atom stereocenters. The van der Waals surface area contributed by atoms with Crippen molar-refractivity contribution in [2.75, 3.05) is 20.2 Å². The van der Waals surface area contributed by atoms with Crippen LogP contribution in [0, 0.1) is 0 Å². The van der Waals surface area contributed by atoms with Crippen LogP contribution >= 0.6 is 0 Å². The number of methoxy groups -OCH3 is 1. The second kappa shape index (κ2) is 7.78. The Labute approximate surface area is 153 Å². The van der Waals surface area contributed by atoms with Gasteiger partial charge in [0, 0.05) is 49.5 Å². The highest BCUT2D eigenvalue weighted by molar-refractivity contribution is 5.95. The number of ether oxygens (including phenoxy) is 2. The molecule has 7 nitrogen and oxygen atoms in total. The van der Waals surface area contributed by atoms with Crippen molar-refractivity contribution >= 4 is 5.91 Å². The standard InChI is InChI=1S/C19H26N4O3/c1-13-9-23(10-14(2)21-13)19(24)16-5-6-17(18(7-16)25-4)26-12-15-8-20-22(3)11-15/h5-8,11,13-14,21H,9-10,12H2,1-4H3. The van der Waals surface area contributed by atoms with Gasteiger partial charge in [0.1, 0.15) is 6.61 Å². The molecule has 0 saturated carbocycles. The van der Waals surface area contributed by atoms with Crippen LogP contribution in [0.15, 0.2) is 30.6 Å². The molecule has 0 spiro atoms. The minimum Gasteiger partial charge on any atom is -0.493 e. The molecule has 26 heavy (non-hydrogen) atoms. The van der Waals surface area contributed by atoms with Gasteiger partial charge in [-0.2, -0.15) is 5.10 Å². The molecule has 1 saturated heterocycles. The van der Waals surface area contributed by atoms with Crippen molar-refractivity contribution in [2.45, 2.75) is 32.5 Å². The van der Waals surface area contributed by atoms with Crippen LogP contribution in [-0.4, -0.2) is 52.9 Å². The van der Waals surface area contributed by atoms with Gasteiger partial charge in [-0.15, -0.1) is 0 Å². The lowest BCUT2D eigenvalue weighted by Crippen LogP contribution is -2.55. The van der Waals surface area contributed by atoms with Gasteiger partial charge >= 0.3 is 0 Å². The Hall–Kier alpha value is -2.54. The second-order valence-corrected chi connectivity index (χ2v) is 6.86. The molecule has 140 valence electrons. The van der Waals surface area contributed by atoms with Crippen LogP contribution in [0.4, 0.5) is 0 Å². The second-order valence-electron chi connectivity index (χ2n) is 6.86. The van der Waals surface area contributed by atoms with Crippen molar-refractivity contribution in [3.8, 4) is 11.5 Å². The highest BCUT2D eigenvalue weighted by Gasteiger charge is 2.26. The summed E-state index contributed by atoms with van der Waals surface area (Å²) < 4.78 is 13.0. The van der Waals surface area contributed by atoms with Gasteiger partial charge in [-0.05, 0) is 32.0 Å². The van der Waals surface area contributed by atoms with E-state index in [4.69, 9.17) is 9.47 Å². The summed E-state index contributed by atoms with van der Waals surface area (Å²) in [6.45, 7) is 5.97. The third kappa shape index (κ3) is 4.16. The Morgan fingerprint density at radius 2 is 2.00 bits per heavy atom. The van der Waals surface area contributed by atoms with Crippen molar-refractivity contribution in [3.63, 3.8) is 0 Å². The van der Waals surface area contributed by atoms with Gasteiger partial charge in [0.15, 0.2) is 11.5 Å². The van der Waals surface area contributed by atoms with Crippen LogP contribution in [0.3, 0.4) is 0 Å². The first-order valence-electron chi connectivity index (χ1n) is 8.80. The van der Waals surface area contributed by atoms with Crippen LogP contribution in [0.1, 0.15) is 29.8 Å². The summed E-state index contributed by atoms with van der Waals surface area (Å²) in [4.78, 5) is 14.7. The van der Waals surface area contributed by atoms with E-state index >= 15 is 0 Å². The van der Waals surface area contributed by atoms with Crippen molar-refractivity contribution in [2.24, 2.45) is 7.05 Å². The van der Waals surface area contributed by atoms with Crippen LogP contribution in [0.5, 0.6) is 11.5 Å². The molecule has 1 aliphatic rings. The number of hydrogen-bond donors (Lipinski definition) is 1. The van der Waals surface area contributed by atoms with Crippen molar-refractivity contribution in [1.82, 2.24) is 20.0 Å². The van der Waals surface area contributed by atoms with E-state index < -0.39 is 0 Å². The molecule has 1 fully saturated rings. The predicted octanol–water partition coefficient (Wildman–Crippen LogP) is 1.83. The lowest BCUT2D eigenvalue weighted by molar-refractivity contribution is 0.0673. The van der Waals surface area contributed by atoms with E-state index in [9.17, 15) is 4.79 Å². The van der Waals surface area contributed by atoms with E-state index in [1.54, 1.807) is 36.2 Å². The molecule has 2 heterocycles. The molecule has 2 aromatic rings. The number of aryl methyl sites for hydroxylation is 1. The van der Waals surface area contributed by atoms with Crippen LogP contribution in [0.2, 0.25) is 0 Å². The Morgan fingerprint density at radius 3 is 2.62 bits per heavy atom. The lowest BCUT2D eigenvalue weighted by atomic mass is 10.1. The number of rotatable bonds is 5. The number of amides is 1. The smallest absolute Gasteiger partial charge is 0.254 e. The maximum atomic E-state index is 12.8. The van der Waals surface area contributed by atoms with E-state index in [1.165, 1.54) is 0 Å². The summed E-state index contributed by atoms with van der Waals surface area (Å²) in [5.41, 5.74) is 1.58. The highest BCUT2D eigenvalue weighted by Crippen LogP contribution is 2.29. The number of carbonyl (C=O) groups excluding carboxylic acids is 1. The van der Waals surface area contributed by atoms with E-state index in [-0.39, 0.29) is 18.0 Å². The quantitative estimate of drug-likeness (QED) is 0.883. The predicted molar refractivity (Wildman–Crippen MR) is 98.5 cm³/mol. The zero-order chi connectivity index (χ0) is 18.7. The number of nitrogens with zero attached hydrogens (tertiary/aromatic N) is 3. The van der Waals surface area contributed by atoms with E-state index in [0.717, 1.165) is 5.56 Å². The molecule has 0 bridgehead atoms. The Morgan fingerprint density at radius 1 is 1.27 bits per heavy atom. The van der Waals surface area contributed by atoms with E-state index in [0.29, 0.717) is 36.8 Å². The van der Waals surface area contributed by atoms with Crippen LogP contribution in [-0.2, 0) is 13.7 Å². The summed E-state index contributed by atoms with van der Waals surface area (Å²) in [7, 11) is 3.44. The van der Waals surface area contributed by atoms with E-state index in [2.05, 4.69) is 24.3 Å². The first-order valence-corrected chi connectivity index (χ1v) is 8.80. The minimum absolute atomic E-state index is 0.0160. The molecule has 1 aromatic heterocycles. The molecule has 1 amide bonds. The van der Waals surface area contributed by atoms with Crippen molar-refractivity contribution < 1.29 is 14.3 Å². The van der Waals surface area contributed by atoms with Crippen molar-refractivity contribution in [1.29, 1.82) is 0 Å². The number of piperazine rings is 1. The number of nitrogens with one attached hydrogen (secondary N) is 1. The maximum absolute atomic E-state index is 12.8. The van der Waals surface area contributed by atoms with Gasteiger partial charge in [0.05, 0.1) is 13.3 Å². The van der Waals surface area contributed by atoms with Gasteiger partial charge < -0.3 is 19.7 Å². The van der Waals surface area contributed by atoms with Gasteiger partial charge in [-0.3, -0.25) is 9.48 Å². The normalized spacial score (nSPS) is 20.1. The Kier molecular flexibility index (Phi) is 5.46. The summed E-state index contributed by atoms with van der Waals surface area (Å²) >= 11 is 0. The van der Waals surface area contributed by atoms with Gasteiger partial charge in [-0.25, -0.2) is 0 Å². The molecule has 1 N–H and O–H groups in total. The summed E-state index contributed by atoms with van der Waals surface area (Å²) in [6, 6.07) is 5.90. The number of carbonyl (C=O) groups is 1. The monoisotopic (exact) mass is 358 g/mol. The minimum atomic E-state index is 0.0160. The number of benzene rings is 1. The molecule has 1 aromatic carbocycles. The summed E-state index contributed by atoms with van der Waals surface area (Å²) in [5.74, 6) is 1.17. The summed E-state index contributed by atoms with van der Waals surface area (Å²) in [5, 5.41) is 7.56. The first-order chi connectivity index (χ1) is 12.5. The third-order valence-electron chi connectivity index (χ3n) is 4.41. The molecule has 2 unspecified atom stereocenters.